The van der Waals surface area contributed by atoms with Gasteiger partial charge < -0.3 is 24.6 Å². The fourth-order valence-corrected chi connectivity index (χ4v) is 6.37. The highest BCUT2D eigenvalue weighted by Gasteiger charge is 2.44. The molecular formula is C36H43N5O5S. The molecule has 0 aliphatic carbocycles. The minimum Gasteiger partial charge on any atom is -0.494 e. The van der Waals surface area contributed by atoms with Crippen molar-refractivity contribution in [1.29, 1.82) is 0 Å². The Labute approximate surface area is 282 Å². The SMILES string of the molecule is CCOC(=O)c1ccc(NC(=O)CC2C(=O)N(c3ccc(OCC)cc3)C(=S)N2CCCN2CCN(Cc3ccccc3)CC2)cc1. The zero-order chi connectivity index (χ0) is 33.2. The van der Waals surface area contributed by atoms with Crippen molar-refractivity contribution >= 4 is 46.5 Å². The maximum atomic E-state index is 13.9. The normalized spacial score (nSPS) is 17.2. The summed E-state index contributed by atoms with van der Waals surface area (Å²) in [4.78, 5) is 47.5. The van der Waals surface area contributed by atoms with E-state index in [0.717, 1.165) is 45.7 Å². The Morgan fingerprint density at radius 2 is 1.53 bits per heavy atom. The number of ether oxygens (including phenoxy) is 2. The van der Waals surface area contributed by atoms with E-state index in [2.05, 4.69) is 39.4 Å². The van der Waals surface area contributed by atoms with Crippen molar-refractivity contribution in [2.24, 2.45) is 0 Å². The zero-order valence-corrected chi connectivity index (χ0v) is 27.9. The van der Waals surface area contributed by atoms with E-state index in [4.69, 9.17) is 21.7 Å². The number of hydrogen-bond donors (Lipinski definition) is 1. The summed E-state index contributed by atoms with van der Waals surface area (Å²) in [7, 11) is 0. The summed E-state index contributed by atoms with van der Waals surface area (Å²) in [6, 6.07) is 23.6. The van der Waals surface area contributed by atoms with Crippen molar-refractivity contribution in [1.82, 2.24) is 14.7 Å². The molecule has 2 saturated heterocycles. The molecule has 3 aromatic carbocycles. The average molecular weight is 658 g/mol. The second kappa shape index (κ2) is 16.5. The van der Waals surface area contributed by atoms with E-state index in [9.17, 15) is 14.4 Å². The van der Waals surface area contributed by atoms with E-state index in [1.807, 2.05) is 42.2 Å². The average Bonchev–Trinajstić information content (AvgIpc) is 3.31. The first kappa shape index (κ1) is 34.0. The lowest BCUT2D eigenvalue weighted by Crippen LogP contribution is -2.47. The van der Waals surface area contributed by atoms with Crippen molar-refractivity contribution in [3.8, 4) is 5.75 Å². The molecule has 5 rings (SSSR count). The number of nitrogens with zero attached hydrogens (tertiary/aromatic N) is 4. The predicted molar refractivity (Wildman–Crippen MR) is 187 cm³/mol. The van der Waals surface area contributed by atoms with Crippen LogP contribution in [0.5, 0.6) is 5.75 Å². The van der Waals surface area contributed by atoms with Gasteiger partial charge in [-0.25, -0.2) is 4.79 Å². The topological polar surface area (TPSA) is 94.7 Å². The van der Waals surface area contributed by atoms with Crippen LogP contribution in [0.2, 0.25) is 0 Å². The summed E-state index contributed by atoms with van der Waals surface area (Å²) in [5, 5.41) is 3.26. The Morgan fingerprint density at radius 1 is 0.851 bits per heavy atom. The molecule has 11 heteroatoms. The highest BCUT2D eigenvalue weighted by atomic mass is 32.1. The van der Waals surface area contributed by atoms with Gasteiger partial charge in [-0.05, 0) is 93.1 Å². The van der Waals surface area contributed by atoms with Gasteiger partial charge in [-0.2, -0.15) is 0 Å². The van der Waals surface area contributed by atoms with Crippen LogP contribution in [-0.4, -0.2) is 96.1 Å². The van der Waals surface area contributed by atoms with Crippen LogP contribution >= 0.6 is 12.2 Å². The first-order chi connectivity index (χ1) is 22.9. The Morgan fingerprint density at radius 3 is 2.19 bits per heavy atom. The van der Waals surface area contributed by atoms with E-state index in [0.29, 0.717) is 41.0 Å². The molecule has 47 heavy (non-hydrogen) atoms. The molecule has 2 aliphatic heterocycles. The van der Waals surface area contributed by atoms with Crippen LogP contribution in [0.4, 0.5) is 11.4 Å². The molecule has 2 amide bonds. The van der Waals surface area contributed by atoms with E-state index in [1.165, 1.54) is 10.5 Å². The number of esters is 1. The van der Waals surface area contributed by atoms with Gasteiger partial charge in [0.25, 0.3) is 5.91 Å². The van der Waals surface area contributed by atoms with Gasteiger partial charge in [-0.1, -0.05) is 30.3 Å². The van der Waals surface area contributed by atoms with Gasteiger partial charge in [0, 0.05) is 45.0 Å². The van der Waals surface area contributed by atoms with Crippen molar-refractivity contribution in [3.63, 3.8) is 0 Å². The van der Waals surface area contributed by atoms with Gasteiger partial charge in [-0.3, -0.25) is 19.4 Å². The van der Waals surface area contributed by atoms with Crippen molar-refractivity contribution in [2.75, 3.05) is 62.7 Å². The third kappa shape index (κ3) is 8.94. The van der Waals surface area contributed by atoms with Gasteiger partial charge in [0.05, 0.1) is 30.9 Å². The van der Waals surface area contributed by atoms with Gasteiger partial charge in [0.1, 0.15) is 11.8 Å². The highest BCUT2D eigenvalue weighted by molar-refractivity contribution is 7.80. The number of anilines is 2. The molecule has 1 unspecified atom stereocenters. The first-order valence-corrected chi connectivity index (χ1v) is 16.7. The van der Waals surface area contributed by atoms with Crippen LogP contribution in [-0.2, 0) is 20.9 Å². The Hall–Kier alpha value is -4.32. The summed E-state index contributed by atoms with van der Waals surface area (Å²) in [5.74, 6) is -0.265. The Kier molecular flexibility index (Phi) is 11.9. The second-order valence-corrected chi connectivity index (χ2v) is 12.0. The fourth-order valence-electron chi connectivity index (χ4n) is 5.95. The summed E-state index contributed by atoms with van der Waals surface area (Å²) in [5.41, 5.74) is 2.89. The van der Waals surface area contributed by atoms with Crippen LogP contribution in [0.3, 0.4) is 0 Å². The molecule has 2 aliphatic rings. The van der Waals surface area contributed by atoms with Gasteiger partial charge in [0.2, 0.25) is 5.91 Å². The van der Waals surface area contributed by atoms with E-state index >= 15 is 0 Å². The lowest BCUT2D eigenvalue weighted by Gasteiger charge is -2.35. The molecule has 2 heterocycles. The van der Waals surface area contributed by atoms with E-state index in [1.54, 1.807) is 31.2 Å². The minimum atomic E-state index is -0.740. The monoisotopic (exact) mass is 657 g/mol. The van der Waals surface area contributed by atoms with Crippen LogP contribution in [0.15, 0.2) is 78.9 Å². The molecule has 10 nitrogen and oxygen atoms in total. The number of thiocarbonyl (C=S) groups is 1. The number of rotatable bonds is 14. The number of amides is 2. The molecule has 1 atom stereocenters. The quantitative estimate of drug-likeness (QED) is 0.194. The standard InChI is InChI=1S/C36H43N5O5S/c1-3-45-31-17-15-30(16-18-31)41-34(43)32(25-33(42)37-29-13-11-28(12-14-29)35(44)46-4-2)40(36(41)47)20-8-19-38-21-23-39(24-22-38)26-27-9-6-5-7-10-27/h5-7,9-18,32H,3-4,8,19-26H2,1-2H3,(H,37,42). The summed E-state index contributed by atoms with van der Waals surface area (Å²) >= 11 is 5.88. The number of carbonyl (C=O) groups is 3. The lowest BCUT2D eigenvalue weighted by atomic mass is 10.1. The van der Waals surface area contributed by atoms with Crippen molar-refractivity contribution in [3.05, 3.63) is 90.0 Å². The molecular weight excluding hydrogens is 614 g/mol. The molecule has 3 aromatic rings. The smallest absolute Gasteiger partial charge is 0.338 e. The molecule has 0 saturated carbocycles. The molecule has 2 fully saturated rings. The summed E-state index contributed by atoms with van der Waals surface area (Å²) in [6.07, 6.45) is 0.737. The van der Waals surface area contributed by atoms with Crippen LogP contribution in [0.25, 0.3) is 0 Å². The molecule has 248 valence electrons. The molecule has 0 aromatic heterocycles. The number of carbonyl (C=O) groups excluding carboxylic acids is 3. The highest BCUT2D eigenvalue weighted by Crippen LogP contribution is 2.29. The Balaban J connectivity index is 1.21. The van der Waals surface area contributed by atoms with Crippen molar-refractivity contribution < 1.29 is 23.9 Å². The third-order valence-electron chi connectivity index (χ3n) is 8.37. The van der Waals surface area contributed by atoms with Crippen LogP contribution < -0.4 is 15.0 Å². The van der Waals surface area contributed by atoms with Crippen LogP contribution in [0, 0.1) is 0 Å². The summed E-state index contributed by atoms with van der Waals surface area (Å²) in [6.45, 7) is 10.8. The molecule has 0 spiro atoms. The number of piperazine rings is 1. The molecule has 1 N–H and O–H groups in total. The zero-order valence-electron chi connectivity index (χ0n) is 27.1. The minimum absolute atomic E-state index is 0.0652. The lowest BCUT2D eigenvalue weighted by molar-refractivity contribution is -0.124. The van der Waals surface area contributed by atoms with Crippen molar-refractivity contribution in [2.45, 2.75) is 39.3 Å². The third-order valence-corrected chi connectivity index (χ3v) is 8.79. The van der Waals surface area contributed by atoms with Crippen LogP contribution in [0.1, 0.15) is 42.6 Å². The maximum Gasteiger partial charge on any atom is 0.338 e. The van der Waals surface area contributed by atoms with Gasteiger partial charge in [0.15, 0.2) is 5.11 Å². The predicted octanol–water partition coefficient (Wildman–Crippen LogP) is 4.80. The number of nitrogens with one attached hydrogen (secondary N) is 1. The summed E-state index contributed by atoms with van der Waals surface area (Å²) < 4.78 is 10.6. The number of benzene rings is 3. The first-order valence-electron chi connectivity index (χ1n) is 16.3. The van der Waals surface area contributed by atoms with E-state index < -0.39 is 12.0 Å². The largest absolute Gasteiger partial charge is 0.494 e. The van der Waals surface area contributed by atoms with E-state index in [-0.39, 0.29) is 24.8 Å². The van der Waals surface area contributed by atoms with Gasteiger partial charge in [-0.15, -0.1) is 0 Å². The molecule has 0 bridgehead atoms. The molecule has 0 radical (unpaired) electrons. The maximum absolute atomic E-state index is 13.9. The second-order valence-electron chi connectivity index (χ2n) is 11.6. The fraction of sp³-hybridized carbons (Fsp3) is 0.389. The number of hydrogen-bond acceptors (Lipinski definition) is 8. The Bertz CT molecular complexity index is 1510. The van der Waals surface area contributed by atoms with Gasteiger partial charge >= 0.3 is 5.97 Å².